The van der Waals surface area contributed by atoms with Gasteiger partial charge in [-0.15, -0.1) is 0 Å². The Morgan fingerprint density at radius 3 is 2.75 bits per heavy atom. The summed E-state index contributed by atoms with van der Waals surface area (Å²) in [6, 6.07) is 6.34. The van der Waals surface area contributed by atoms with Gasteiger partial charge in [0.2, 0.25) is 0 Å². The fourth-order valence-electron chi connectivity index (χ4n) is 1.43. The lowest BCUT2D eigenvalue weighted by Gasteiger charge is -2.26. The molecule has 0 saturated heterocycles. The standard InChI is InChI=1S/C11H16N2O3/c1-11(2,6-7-14)12-9-4-3-5-10(8-9)13(15)16/h3-5,8,12,14H,6-7H2,1-2H3. The van der Waals surface area contributed by atoms with Crippen LogP contribution in [0.15, 0.2) is 24.3 Å². The third kappa shape index (κ3) is 3.51. The van der Waals surface area contributed by atoms with Gasteiger partial charge in [-0.25, -0.2) is 0 Å². The first-order valence-electron chi connectivity index (χ1n) is 5.08. The number of aliphatic hydroxyl groups is 1. The Bertz CT molecular complexity index is 377. The first kappa shape index (κ1) is 12.4. The Labute approximate surface area is 94.3 Å². The number of anilines is 1. The Hall–Kier alpha value is -1.62. The van der Waals surface area contributed by atoms with E-state index in [9.17, 15) is 10.1 Å². The Kier molecular flexibility index (Phi) is 3.84. The minimum Gasteiger partial charge on any atom is -0.396 e. The van der Waals surface area contributed by atoms with E-state index in [1.54, 1.807) is 12.1 Å². The Morgan fingerprint density at radius 2 is 2.19 bits per heavy atom. The molecule has 0 radical (unpaired) electrons. The predicted octanol–water partition coefficient (Wildman–Crippen LogP) is 2.17. The van der Waals surface area contributed by atoms with Gasteiger partial charge in [0.25, 0.3) is 5.69 Å². The van der Waals surface area contributed by atoms with Gasteiger partial charge >= 0.3 is 0 Å². The highest BCUT2D eigenvalue weighted by Crippen LogP contribution is 2.21. The van der Waals surface area contributed by atoms with E-state index in [0.717, 1.165) is 0 Å². The van der Waals surface area contributed by atoms with Crippen LogP contribution < -0.4 is 5.32 Å². The molecule has 0 aliphatic rings. The van der Waals surface area contributed by atoms with Gasteiger partial charge in [-0.2, -0.15) is 0 Å². The fraction of sp³-hybridized carbons (Fsp3) is 0.455. The summed E-state index contributed by atoms with van der Waals surface area (Å²) < 4.78 is 0. The molecule has 5 heteroatoms. The molecule has 0 heterocycles. The van der Waals surface area contributed by atoms with E-state index < -0.39 is 4.92 Å². The number of nitro benzene ring substituents is 1. The lowest BCUT2D eigenvalue weighted by molar-refractivity contribution is -0.384. The second-order valence-electron chi connectivity index (χ2n) is 4.29. The highest BCUT2D eigenvalue weighted by atomic mass is 16.6. The average molecular weight is 224 g/mol. The maximum atomic E-state index is 10.6. The van der Waals surface area contributed by atoms with Crippen molar-refractivity contribution in [3.05, 3.63) is 34.4 Å². The van der Waals surface area contributed by atoms with E-state index in [0.29, 0.717) is 12.1 Å². The third-order valence-corrected chi connectivity index (χ3v) is 2.28. The summed E-state index contributed by atoms with van der Waals surface area (Å²) >= 11 is 0. The number of nitrogens with zero attached hydrogens (tertiary/aromatic N) is 1. The highest BCUT2D eigenvalue weighted by Gasteiger charge is 2.17. The summed E-state index contributed by atoms with van der Waals surface area (Å²) in [5.74, 6) is 0. The number of aliphatic hydroxyl groups excluding tert-OH is 1. The molecule has 16 heavy (non-hydrogen) atoms. The molecule has 2 N–H and O–H groups in total. The first-order valence-corrected chi connectivity index (χ1v) is 5.08. The number of rotatable bonds is 5. The molecular formula is C11H16N2O3. The van der Waals surface area contributed by atoms with Crippen molar-refractivity contribution in [2.45, 2.75) is 25.8 Å². The van der Waals surface area contributed by atoms with Crippen molar-refractivity contribution in [2.24, 2.45) is 0 Å². The van der Waals surface area contributed by atoms with Gasteiger partial charge in [-0.1, -0.05) is 6.07 Å². The lowest BCUT2D eigenvalue weighted by Crippen LogP contribution is -2.31. The van der Waals surface area contributed by atoms with E-state index in [1.807, 2.05) is 13.8 Å². The molecule has 0 atom stereocenters. The van der Waals surface area contributed by atoms with E-state index in [-0.39, 0.29) is 17.8 Å². The highest BCUT2D eigenvalue weighted by molar-refractivity contribution is 5.52. The van der Waals surface area contributed by atoms with Gasteiger partial charge in [0, 0.05) is 30.0 Å². The van der Waals surface area contributed by atoms with Crippen LogP contribution in [-0.2, 0) is 0 Å². The van der Waals surface area contributed by atoms with Gasteiger partial charge in [-0.3, -0.25) is 10.1 Å². The molecule has 0 aliphatic carbocycles. The van der Waals surface area contributed by atoms with Gasteiger partial charge < -0.3 is 10.4 Å². The van der Waals surface area contributed by atoms with Gasteiger partial charge in [-0.05, 0) is 26.3 Å². The zero-order chi connectivity index (χ0) is 12.2. The van der Waals surface area contributed by atoms with Crippen LogP contribution in [0, 0.1) is 10.1 Å². The molecule has 5 nitrogen and oxygen atoms in total. The monoisotopic (exact) mass is 224 g/mol. The molecule has 0 fully saturated rings. The maximum absolute atomic E-state index is 10.6. The number of nitro groups is 1. The molecule has 1 rings (SSSR count). The molecule has 0 aliphatic heterocycles. The second-order valence-corrected chi connectivity index (χ2v) is 4.29. The molecular weight excluding hydrogens is 208 g/mol. The van der Waals surface area contributed by atoms with Crippen LogP contribution in [0.4, 0.5) is 11.4 Å². The SMILES string of the molecule is CC(C)(CCO)Nc1cccc([N+](=O)[O-])c1. The van der Waals surface area contributed by atoms with Crippen molar-refractivity contribution in [1.29, 1.82) is 0 Å². The predicted molar refractivity (Wildman–Crippen MR) is 62.5 cm³/mol. The second kappa shape index (κ2) is 4.94. The van der Waals surface area contributed by atoms with Crippen molar-refractivity contribution in [2.75, 3.05) is 11.9 Å². The molecule has 1 aromatic rings. The number of hydrogen-bond donors (Lipinski definition) is 2. The zero-order valence-corrected chi connectivity index (χ0v) is 9.43. The summed E-state index contributed by atoms with van der Waals surface area (Å²) in [5.41, 5.74) is 0.460. The fourth-order valence-corrected chi connectivity index (χ4v) is 1.43. The normalized spacial score (nSPS) is 11.2. The van der Waals surface area contributed by atoms with E-state index in [4.69, 9.17) is 5.11 Å². The summed E-state index contributed by atoms with van der Waals surface area (Å²) in [7, 11) is 0. The smallest absolute Gasteiger partial charge is 0.271 e. The molecule has 0 saturated carbocycles. The van der Waals surface area contributed by atoms with E-state index >= 15 is 0 Å². The quantitative estimate of drug-likeness (QED) is 0.593. The van der Waals surface area contributed by atoms with E-state index in [2.05, 4.69) is 5.32 Å². The molecule has 0 spiro atoms. The van der Waals surface area contributed by atoms with Crippen LogP contribution in [-0.4, -0.2) is 22.2 Å². The summed E-state index contributed by atoms with van der Waals surface area (Å²) in [6.07, 6.45) is 0.579. The maximum Gasteiger partial charge on any atom is 0.271 e. The molecule has 0 bridgehead atoms. The largest absolute Gasteiger partial charge is 0.396 e. The summed E-state index contributed by atoms with van der Waals surface area (Å²) in [4.78, 5) is 10.2. The van der Waals surface area contributed by atoms with Crippen LogP contribution >= 0.6 is 0 Å². The van der Waals surface area contributed by atoms with Gasteiger partial charge in [0.15, 0.2) is 0 Å². The van der Waals surface area contributed by atoms with E-state index in [1.165, 1.54) is 12.1 Å². The topological polar surface area (TPSA) is 75.4 Å². The minimum absolute atomic E-state index is 0.0600. The van der Waals surface area contributed by atoms with Gasteiger partial charge in [0.05, 0.1) is 4.92 Å². The van der Waals surface area contributed by atoms with Crippen LogP contribution in [0.25, 0.3) is 0 Å². The van der Waals surface area contributed by atoms with Gasteiger partial charge in [0.1, 0.15) is 0 Å². The van der Waals surface area contributed by atoms with Crippen molar-refractivity contribution >= 4 is 11.4 Å². The number of nitrogens with one attached hydrogen (secondary N) is 1. The van der Waals surface area contributed by atoms with Crippen molar-refractivity contribution in [3.8, 4) is 0 Å². The van der Waals surface area contributed by atoms with Crippen molar-refractivity contribution in [1.82, 2.24) is 0 Å². The molecule has 0 amide bonds. The molecule has 1 aromatic carbocycles. The Morgan fingerprint density at radius 1 is 1.50 bits per heavy atom. The molecule has 0 aromatic heterocycles. The first-order chi connectivity index (χ1) is 7.44. The molecule has 0 unspecified atom stereocenters. The number of non-ortho nitro benzene ring substituents is 1. The Balaban J connectivity index is 2.81. The van der Waals surface area contributed by atoms with Crippen molar-refractivity contribution < 1.29 is 10.0 Å². The summed E-state index contributed by atoms with van der Waals surface area (Å²) in [6.45, 7) is 3.94. The van der Waals surface area contributed by atoms with Crippen molar-refractivity contribution in [3.63, 3.8) is 0 Å². The van der Waals surface area contributed by atoms with Crippen LogP contribution in [0.2, 0.25) is 0 Å². The number of hydrogen-bond acceptors (Lipinski definition) is 4. The lowest BCUT2D eigenvalue weighted by atomic mass is 10.0. The van der Waals surface area contributed by atoms with Crippen LogP contribution in [0.3, 0.4) is 0 Å². The number of benzene rings is 1. The summed E-state index contributed by atoms with van der Waals surface area (Å²) in [5, 5.41) is 22.6. The van der Waals surface area contributed by atoms with Crippen LogP contribution in [0.5, 0.6) is 0 Å². The average Bonchev–Trinajstić information content (AvgIpc) is 2.17. The molecule has 88 valence electrons. The third-order valence-electron chi connectivity index (χ3n) is 2.28. The van der Waals surface area contributed by atoms with Crippen LogP contribution in [0.1, 0.15) is 20.3 Å². The zero-order valence-electron chi connectivity index (χ0n) is 9.43. The minimum atomic E-state index is -0.426.